The van der Waals surface area contributed by atoms with Crippen molar-refractivity contribution in [3.63, 3.8) is 0 Å². The standard InChI is InChI=1S/C11H14N4S/c1-7-3-4-9(5-8(7)2)11(13-12)10-6-16-15-14-10/h3-6,11,13H,12H2,1-2H3. The molecule has 1 aromatic carbocycles. The lowest BCUT2D eigenvalue weighted by atomic mass is 10.00. The highest BCUT2D eigenvalue weighted by molar-refractivity contribution is 7.03. The fraction of sp³-hybridized carbons (Fsp3) is 0.273. The number of aromatic nitrogens is 2. The predicted octanol–water partition coefficient (Wildman–Crippen LogP) is 1.71. The number of hydrogen-bond acceptors (Lipinski definition) is 5. The Hall–Kier alpha value is -1.30. The summed E-state index contributed by atoms with van der Waals surface area (Å²) in [5, 5.41) is 5.94. The molecule has 0 aliphatic carbocycles. The average Bonchev–Trinajstić information content (AvgIpc) is 2.78. The lowest BCUT2D eigenvalue weighted by molar-refractivity contribution is 0.618. The van der Waals surface area contributed by atoms with Crippen molar-refractivity contribution >= 4 is 11.5 Å². The van der Waals surface area contributed by atoms with E-state index in [0.717, 1.165) is 11.3 Å². The summed E-state index contributed by atoms with van der Waals surface area (Å²) in [5.41, 5.74) is 7.26. The minimum Gasteiger partial charge on any atom is -0.271 e. The first-order valence-corrected chi connectivity index (χ1v) is 5.86. The van der Waals surface area contributed by atoms with Gasteiger partial charge < -0.3 is 0 Å². The normalized spacial score (nSPS) is 12.7. The van der Waals surface area contributed by atoms with E-state index in [1.165, 1.54) is 22.7 Å². The third-order valence-corrected chi connectivity index (χ3v) is 3.23. The van der Waals surface area contributed by atoms with Crippen molar-refractivity contribution < 1.29 is 0 Å². The highest BCUT2D eigenvalue weighted by Crippen LogP contribution is 2.22. The molecule has 1 atom stereocenters. The quantitative estimate of drug-likeness (QED) is 0.627. The zero-order chi connectivity index (χ0) is 11.5. The zero-order valence-corrected chi connectivity index (χ0v) is 10.1. The zero-order valence-electron chi connectivity index (χ0n) is 9.27. The van der Waals surface area contributed by atoms with E-state index in [1.54, 1.807) is 0 Å². The molecule has 16 heavy (non-hydrogen) atoms. The number of hydrazine groups is 1. The molecule has 0 bridgehead atoms. The number of nitrogens with two attached hydrogens (primary N) is 1. The van der Waals surface area contributed by atoms with Crippen LogP contribution in [0.1, 0.15) is 28.4 Å². The van der Waals surface area contributed by atoms with E-state index in [0.29, 0.717) is 0 Å². The molecule has 0 aliphatic heterocycles. The topological polar surface area (TPSA) is 63.8 Å². The van der Waals surface area contributed by atoms with Crippen LogP contribution in [0.25, 0.3) is 0 Å². The number of hydrogen-bond donors (Lipinski definition) is 2. The molecule has 0 fully saturated rings. The maximum atomic E-state index is 5.57. The Morgan fingerprint density at radius 3 is 2.69 bits per heavy atom. The number of rotatable bonds is 3. The van der Waals surface area contributed by atoms with Crippen molar-refractivity contribution in [2.45, 2.75) is 19.9 Å². The second kappa shape index (κ2) is 4.69. The number of aryl methyl sites for hydroxylation is 2. The van der Waals surface area contributed by atoms with Crippen molar-refractivity contribution in [1.82, 2.24) is 15.0 Å². The van der Waals surface area contributed by atoms with Gasteiger partial charge in [0.15, 0.2) is 0 Å². The van der Waals surface area contributed by atoms with Gasteiger partial charge in [-0.25, -0.2) is 5.43 Å². The molecule has 5 heteroatoms. The monoisotopic (exact) mass is 234 g/mol. The Labute approximate surface area is 98.6 Å². The molecular weight excluding hydrogens is 220 g/mol. The Morgan fingerprint density at radius 1 is 1.31 bits per heavy atom. The smallest absolute Gasteiger partial charge is 0.0983 e. The minimum absolute atomic E-state index is 0.0851. The van der Waals surface area contributed by atoms with Gasteiger partial charge in [0.2, 0.25) is 0 Å². The summed E-state index contributed by atoms with van der Waals surface area (Å²) < 4.78 is 3.85. The lowest BCUT2D eigenvalue weighted by Crippen LogP contribution is -2.29. The van der Waals surface area contributed by atoms with Gasteiger partial charge in [0.25, 0.3) is 0 Å². The van der Waals surface area contributed by atoms with E-state index in [9.17, 15) is 0 Å². The van der Waals surface area contributed by atoms with Crippen LogP contribution in [0.2, 0.25) is 0 Å². The van der Waals surface area contributed by atoms with E-state index in [-0.39, 0.29) is 6.04 Å². The maximum Gasteiger partial charge on any atom is 0.0983 e. The highest BCUT2D eigenvalue weighted by Gasteiger charge is 2.15. The van der Waals surface area contributed by atoms with Gasteiger partial charge in [-0.2, -0.15) is 0 Å². The molecule has 1 unspecified atom stereocenters. The van der Waals surface area contributed by atoms with Gasteiger partial charge in [-0.15, -0.1) is 5.10 Å². The fourth-order valence-electron chi connectivity index (χ4n) is 1.59. The fourth-order valence-corrected chi connectivity index (χ4v) is 2.07. The van der Waals surface area contributed by atoms with Crippen LogP contribution in [0.4, 0.5) is 0 Å². The lowest BCUT2D eigenvalue weighted by Gasteiger charge is -2.14. The molecule has 0 radical (unpaired) electrons. The van der Waals surface area contributed by atoms with Gasteiger partial charge in [0.1, 0.15) is 0 Å². The van der Waals surface area contributed by atoms with Crippen LogP contribution in [0, 0.1) is 13.8 Å². The van der Waals surface area contributed by atoms with Gasteiger partial charge in [-0.3, -0.25) is 5.84 Å². The predicted molar refractivity (Wildman–Crippen MR) is 65.0 cm³/mol. The summed E-state index contributed by atoms with van der Waals surface area (Å²) in [6.45, 7) is 4.18. The first-order valence-electron chi connectivity index (χ1n) is 5.02. The Morgan fingerprint density at radius 2 is 2.12 bits per heavy atom. The van der Waals surface area contributed by atoms with E-state index in [4.69, 9.17) is 5.84 Å². The molecule has 3 N–H and O–H groups in total. The molecule has 0 spiro atoms. The van der Waals surface area contributed by atoms with Crippen molar-refractivity contribution in [3.05, 3.63) is 46.0 Å². The molecule has 2 rings (SSSR count). The van der Waals surface area contributed by atoms with Crippen LogP contribution >= 0.6 is 11.5 Å². The van der Waals surface area contributed by atoms with Crippen molar-refractivity contribution in [3.8, 4) is 0 Å². The summed E-state index contributed by atoms with van der Waals surface area (Å²) in [6, 6.07) is 6.19. The molecule has 0 saturated heterocycles. The summed E-state index contributed by atoms with van der Waals surface area (Å²) >= 11 is 1.33. The largest absolute Gasteiger partial charge is 0.271 e. The molecule has 84 valence electrons. The van der Waals surface area contributed by atoms with Gasteiger partial charge in [0, 0.05) is 5.38 Å². The molecular formula is C11H14N4S. The molecule has 0 aliphatic rings. The molecule has 4 nitrogen and oxygen atoms in total. The molecule has 2 aromatic rings. The number of benzene rings is 1. The van der Waals surface area contributed by atoms with Gasteiger partial charge >= 0.3 is 0 Å². The summed E-state index contributed by atoms with van der Waals surface area (Å²) in [6.07, 6.45) is 0. The summed E-state index contributed by atoms with van der Waals surface area (Å²) in [7, 11) is 0. The minimum atomic E-state index is -0.0851. The van der Waals surface area contributed by atoms with E-state index in [2.05, 4.69) is 47.1 Å². The summed E-state index contributed by atoms with van der Waals surface area (Å²) in [5.74, 6) is 5.57. The van der Waals surface area contributed by atoms with Gasteiger partial charge in [0.05, 0.1) is 11.7 Å². The van der Waals surface area contributed by atoms with Crippen LogP contribution in [0.15, 0.2) is 23.6 Å². The Kier molecular flexibility index (Phi) is 3.28. The van der Waals surface area contributed by atoms with Gasteiger partial charge in [-0.1, -0.05) is 22.7 Å². The van der Waals surface area contributed by atoms with Crippen LogP contribution < -0.4 is 11.3 Å². The molecule has 1 aromatic heterocycles. The van der Waals surface area contributed by atoms with E-state index < -0.39 is 0 Å². The Balaban J connectivity index is 2.37. The summed E-state index contributed by atoms with van der Waals surface area (Å²) in [4.78, 5) is 0. The number of nitrogens with zero attached hydrogens (tertiary/aromatic N) is 2. The number of nitrogens with one attached hydrogen (secondary N) is 1. The second-order valence-electron chi connectivity index (χ2n) is 3.77. The van der Waals surface area contributed by atoms with Crippen LogP contribution in [0.3, 0.4) is 0 Å². The molecule has 0 amide bonds. The van der Waals surface area contributed by atoms with Gasteiger partial charge in [-0.05, 0) is 42.1 Å². The van der Waals surface area contributed by atoms with Crippen LogP contribution in [0.5, 0.6) is 0 Å². The van der Waals surface area contributed by atoms with Crippen molar-refractivity contribution in [2.75, 3.05) is 0 Å². The second-order valence-corrected chi connectivity index (χ2v) is 4.38. The average molecular weight is 234 g/mol. The molecule has 1 heterocycles. The van der Waals surface area contributed by atoms with Crippen molar-refractivity contribution in [2.24, 2.45) is 5.84 Å². The molecule has 0 saturated carbocycles. The SMILES string of the molecule is Cc1ccc(C(NN)c2csnn2)cc1C. The third kappa shape index (κ3) is 2.11. The van der Waals surface area contributed by atoms with Crippen molar-refractivity contribution in [1.29, 1.82) is 0 Å². The Bertz CT molecular complexity index is 467. The first kappa shape index (κ1) is 11.2. The first-order chi connectivity index (χ1) is 7.72. The van der Waals surface area contributed by atoms with Crippen LogP contribution in [-0.2, 0) is 0 Å². The third-order valence-electron chi connectivity index (χ3n) is 2.70. The maximum absolute atomic E-state index is 5.57. The highest BCUT2D eigenvalue weighted by atomic mass is 32.1. The van der Waals surface area contributed by atoms with E-state index in [1.807, 2.05) is 5.38 Å². The van der Waals surface area contributed by atoms with Crippen LogP contribution in [-0.4, -0.2) is 9.59 Å². The van der Waals surface area contributed by atoms with E-state index >= 15 is 0 Å².